The van der Waals surface area contributed by atoms with Crippen LogP contribution in [-0.4, -0.2) is 102 Å². The monoisotopic (exact) mass is 635 g/mol. The molecule has 0 fully saturated rings. The summed E-state index contributed by atoms with van der Waals surface area (Å²) in [5, 5.41) is 29.2. The van der Waals surface area contributed by atoms with Gasteiger partial charge in [-0.15, -0.1) is 0 Å². The summed E-state index contributed by atoms with van der Waals surface area (Å²) in [4.78, 5) is 71.3. The normalized spacial score (nSPS) is 13.9. The maximum absolute atomic E-state index is 13.4. The summed E-state index contributed by atoms with van der Waals surface area (Å²) in [5.74, 6) is -4.79. The quantitative estimate of drug-likeness (QED) is 0.0368. The number of aliphatic hydroxyl groups is 1. The first kappa shape index (κ1) is 38.1. The van der Waals surface area contributed by atoms with E-state index in [9.17, 15) is 34.2 Å². The summed E-state index contributed by atoms with van der Waals surface area (Å²) in [7, 11) is 0. The molecule has 1 aromatic carbocycles. The molecule has 0 spiro atoms. The van der Waals surface area contributed by atoms with Crippen LogP contribution in [0.3, 0.4) is 0 Å². The molecular weight excluding hydrogens is 590 g/mol. The van der Waals surface area contributed by atoms with E-state index in [1.165, 1.54) is 6.92 Å². The highest BCUT2D eigenvalue weighted by molar-refractivity contribution is 5.95. The van der Waals surface area contributed by atoms with Crippen LogP contribution in [0.4, 0.5) is 0 Å². The molecule has 0 heterocycles. The van der Waals surface area contributed by atoms with Crippen LogP contribution in [0.25, 0.3) is 0 Å². The lowest BCUT2D eigenvalue weighted by Crippen LogP contribution is -2.59. The molecule has 1 rings (SSSR count). The molecule has 45 heavy (non-hydrogen) atoms. The van der Waals surface area contributed by atoms with E-state index in [0.29, 0.717) is 12.0 Å². The molecule has 0 aliphatic carbocycles. The highest BCUT2D eigenvalue weighted by Crippen LogP contribution is 2.07. The van der Waals surface area contributed by atoms with Crippen molar-refractivity contribution in [3.05, 3.63) is 35.9 Å². The number of carboxylic acid groups (broad SMARTS) is 1. The predicted molar refractivity (Wildman–Crippen MR) is 166 cm³/mol. The summed E-state index contributed by atoms with van der Waals surface area (Å²) >= 11 is 0. The number of nitrogens with zero attached hydrogens (tertiary/aromatic N) is 2. The number of benzene rings is 1. The van der Waals surface area contributed by atoms with Crippen LogP contribution in [0.1, 0.15) is 38.2 Å². The van der Waals surface area contributed by atoms with Crippen LogP contribution in [0.5, 0.6) is 0 Å². The Labute approximate surface area is 260 Å². The number of aliphatic carboxylic acids is 1. The minimum absolute atomic E-state index is 0.0251. The van der Waals surface area contributed by atoms with Gasteiger partial charge in [0.05, 0.1) is 12.6 Å². The highest BCUT2D eigenvalue weighted by atomic mass is 16.4. The fourth-order valence-electron chi connectivity index (χ4n) is 3.91. The molecule has 0 saturated carbocycles. The van der Waals surface area contributed by atoms with E-state index in [1.54, 1.807) is 30.3 Å². The Bertz CT molecular complexity index is 1190. The number of carbonyl (C=O) groups excluding carboxylic acids is 4. The number of hydrogen-bond acceptors (Lipinski definition) is 9. The zero-order valence-corrected chi connectivity index (χ0v) is 25.1. The average molecular weight is 636 g/mol. The Kier molecular flexibility index (Phi) is 17.0. The van der Waals surface area contributed by atoms with Crippen molar-refractivity contribution in [3.8, 4) is 0 Å². The SMILES string of the molecule is C[C@H](N)C(=O)N[C@@H](CCCN=C(N)N)C(=O)N[C@@H](Cc1ccccc1)C(=O)N[C@@H](CO)C(=O)N[C@@H](CCCN=C(N)N)C(=O)O. The number of amides is 4. The second-order valence-corrected chi connectivity index (χ2v) is 10.1. The van der Waals surface area contributed by atoms with Gasteiger partial charge in [-0.25, -0.2) is 4.79 Å². The van der Waals surface area contributed by atoms with Crippen LogP contribution in [0.2, 0.25) is 0 Å². The van der Waals surface area contributed by atoms with Gasteiger partial charge in [0, 0.05) is 19.5 Å². The first-order chi connectivity index (χ1) is 21.2. The van der Waals surface area contributed by atoms with Gasteiger partial charge in [-0.05, 0) is 38.2 Å². The number of nitrogens with one attached hydrogen (secondary N) is 4. The highest BCUT2D eigenvalue weighted by Gasteiger charge is 2.31. The third-order valence-corrected chi connectivity index (χ3v) is 6.28. The van der Waals surface area contributed by atoms with Crippen molar-refractivity contribution in [2.75, 3.05) is 19.7 Å². The van der Waals surface area contributed by atoms with Gasteiger partial charge in [-0.3, -0.25) is 29.2 Å². The van der Waals surface area contributed by atoms with Crippen molar-refractivity contribution < 1.29 is 34.2 Å². The van der Waals surface area contributed by atoms with E-state index in [0.717, 1.165) is 0 Å². The largest absolute Gasteiger partial charge is 0.480 e. The van der Waals surface area contributed by atoms with Crippen LogP contribution >= 0.6 is 0 Å². The number of carboxylic acids is 1. The summed E-state index contributed by atoms with van der Waals surface area (Å²) in [6.07, 6.45) is 0.566. The van der Waals surface area contributed by atoms with Crippen molar-refractivity contribution in [2.45, 2.75) is 69.2 Å². The van der Waals surface area contributed by atoms with Crippen LogP contribution in [0.15, 0.2) is 40.3 Å². The lowest BCUT2D eigenvalue weighted by Gasteiger charge is -2.26. The summed E-state index contributed by atoms with van der Waals surface area (Å²) < 4.78 is 0. The topological polar surface area (TPSA) is 329 Å². The van der Waals surface area contributed by atoms with E-state index in [1.807, 2.05) is 0 Å². The van der Waals surface area contributed by atoms with Gasteiger partial charge in [0.15, 0.2) is 11.9 Å². The van der Waals surface area contributed by atoms with Gasteiger partial charge in [0.2, 0.25) is 23.6 Å². The predicted octanol–water partition coefficient (Wildman–Crippen LogP) is -4.30. The van der Waals surface area contributed by atoms with Crippen molar-refractivity contribution in [1.82, 2.24) is 21.3 Å². The van der Waals surface area contributed by atoms with Gasteiger partial charge < -0.3 is 60.1 Å². The van der Waals surface area contributed by atoms with E-state index >= 15 is 0 Å². The zero-order chi connectivity index (χ0) is 33.9. The van der Waals surface area contributed by atoms with Crippen molar-refractivity contribution in [1.29, 1.82) is 0 Å². The second kappa shape index (κ2) is 20.1. The van der Waals surface area contributed by atoms with Crippen LogP contribution < -0.4 is 49.9 Å². The maximum Gasteiger partial charge on any atom is 0.326 e. The summed E-state index contributed by atoms with van der Waals surface area (Å²) in [6.45, 7) is 0.867. The smallest absolute Gasteiger partial charge is 0.326 e. The second-order valence-electron chi connectivity index (χ2n) is 10.1. The zero-order valence-electron chi connectivity index (χ0n) is 25.1. The minimum atomic E-state index is -1.56. The van der Waals surface area contributed by atoms with Crippen molar-refractivity contribution in [3.63, 3.8) is 0 Å². The molecule has 4 amide bonds. The number of rotatable bonds is 20. The minimum Gasteiger partial charge on any atom is -0.480 e. The molecule has 1 aromatic rings. The lowest BCUT2D eigenvalue weighted by molar-refractivity contribution is -0.142. The number of nitrogens with two attached hydrogens (primary N) is 5. The molecule has 0 aromatic heterocycles. The van der Waals surface area contributed by atoms with E-state index < -0.39 is 66.4 Å². The average Bonchev–Trinajstić information content (AvgIpc) is 2.98. The molecule has 18 heteroatoms. The van der Waals surface area contributed by atoms with Crippen LogP contribution in [0, 0.1) is 0 Å². The molecule has 0 radical (unpaired) electrons. The van der Waals surface area contributed by atoms with Crippen LogP contribution in [-0.2, 0) is 30.4 Å². The molecule has 0 aliphatic heterocycles. The summed E-state index contributed by atoms with van der Waals surface area (Å²) in [6, 6.07) is 2.42. The van der Waals surface area contributed by atoms with Crippen molar-refractivity contribution in [2.24, 2.45) is 38.7 Å². The van der Waals surface area contributed by atoms with E-state index in [4.69, 9.17) is 28.7 Å². The third kappa shape index (κ3) is 15.4. The molecular formula is C27H45N11O7. The number of aliphatic hydroxyl groups excluding tert-OH is 1. The first-order valence-electron chi connectivity index (χ1n) is 14.2. The van der Waals surface area contributed by atoms with Crippen molar-refractivity contribution >= 4 is 41.5 Å². The van der Waals surface area contributed by atoms with E-state index in [-0.39, 0.29) is 50.7 Å². The third-order valence-electron chi connectivity index (χ3n) is 6.28. The number of carbonyl (C=O) groups is 5. The molecule has 0 aliphatic rings. The Balaban J connectivity index is 3.12. The summed E-state index contributed by atoms with van der Waals surface area (Å²) in [5.41, 5.74) is 27.5. The fourth-order valence-corrected chi connectivity index (χ4v) is 3.91. The van der Waals surface area contributed by atoms with Gasteiger partial charge in [-0.1, -0.05) is 30.3 Å². The Morgan fingerprint density at radius 2 is 1.16 bits per heavy atom. The molecule has 16 N–H and O–H groups in total. The molecule has 250 valence electrons. The first-order valence-corrected chi connectivity index (χ1v) is 14.2. The molecule has 0 bridgehead atoms. The Morgan fingerprint density at radius 3 is 1.64 bits per heavy atom. The molecule has 0 unspecified atom stereocenters. The van der Waals surface area contributed by atoms with Gasteiger partial charge in [-0.2, -0.15) is 0 Å². The number of aliphatic imine (C=N–C) groups is 2. The van der Waals surface area contributed by atoms with E-state index in [2.05, 4.69) is 31.3 Å². The fraction of sp³-hybridized carbons (Fsp3) is 0.519. The molecule has 0 saturated heterocycles. The molecule has 5 atom stereocenters. The lowest BCUT2D eigenvalue weighted by atomic mass is 10.0. The maximum atomic E-state index is 13.4. The number of hydrogen-bond donors (Lipinski definition) is 11. The Hall–Kier alpha value is -4.97. The van der Waals surface area contributed by atoms with Gasteiger partial charge in [0.1, 0.15) is 24.2 Å². The standard InChI is InChI=1S/C27H45N11O7/c1-15(28)21(40)35-17(9-5-11-33-26(29)30)22(41)37-19(13-16-7-3-2-4-8-16)23(42)38-20(14-39)24(43)36-18(25(44)45)10-6-12-34-27(31)32/h2-4,7-8,15,17-20,39H,5-6,9-14,28H2,1H3,(H,35,40)(H,36,43)(H,37,41)(H,38,42)(H,44,45)(H4,29,30,33)(H4,31,32,34)/t15-,17-,18-,19-,20-/m0/s1. The number of guanidine groups is 2. The Morgan fingerprint density at radius 1 is 0.711 bits per heavy atom. The molecule has 18 nitrogen and oxygen atoms in total. The van der Waals surface area contributed by atoms with Gasteiger partial charge >= 0.3 is 5.97 Å². The van der Waals surface area contributed by atoms with Gasteiger partial charge in [0.25, 0.3) is 0 Å².